The highest BCUT2D eigenvalue weighted by molar-refractivity contribution is 6.04. The van der Waals surface area contributed by atoms with Gasteiger partial charge in [0.05, 0.1) is 6.33 Å². The summed E-state index contributed by atoms with van der Waals surface area (Å²) >= 11 is 0. The van der Waals surface area contributed by atoms with Crippen molar-refractivity contribution < 1.29 is 4.39 Å². The third-order valence-corrected chi connectivity index (χ3v) is 4.40. The van der Waals surface area contributed by atoms with Crippen LogP contribution in [0.15, 0.2) is 29.3 Å². The first-order valence-corrected chi connectivity index (χ1v) is 7.82. The first-order chi connectivity index (χ1) is 11.2. The van der Waals surface area contributed by atoms with Gasteiger partial charge < -0.3 is 10.3 Å². The quantitative estimate of drug-likeness (QED) is 0.754. The van der Waals surface area contributed by atoms with Crippen LogP contribution in [0.4, 0.5) is 4.39 Å². The van der Waals surface area contributed by atoms with Crippen LogP contribution in [0.3, 0.4) is 0 Å². The number of piperazine rings is 1. The molecule has 1 fully saturated rings. The zero-order chi connectivity index (χ0) is 15.8. The molecule has 1 aliphatic heterocycles. The second kappa shape index (κ2) is 5.75. The molecule has 0 radical (unpaired) electrons. The molecule has 1 aliphatic rings. The van der Waals surface area contributed by atoms with Crippen LogP contribution in [-0.2, 0) is 6.54 Å². The number of H-pyrrole nitrogens is 1. The zero-order valence-electron chi connectivity index (χ0n) is 12.7. The fraction of sp³-hybridized carbons (Fsp3) is 0.375. The summed E-state index contributed by atoms with van der Waals surface area (Å²) in [6, 6.07) is 4.42. The van der Waals surface area contributed by atoms with Gasteiger partial charge in [0.25, 0.3) is 5.56 Å². The van der Waals surface area contributed by atoms with E-state index in [0.29, 0.717) is 23.0 Å². The lowest BCUT2D eigenvalue weighted by Gasteiger charge is -2.27. The Hall–Kier alpha value is -2.25. The highest BCUT2D eigenvalue weighted by Crippen LogP contribution is 2.21. The molecule has 0 aliphatic carbocycles. The number of hydrogen-bond donors (Lipinski definition) is 2. The van der Waals surface area contributed by atoms with Gasteiger partial charge in [0, 0.05) is 50.2 Å². The molecule has 6 nitrogen and oxygen atoms in total. The average molecular weight is 315 g/mol. The van der Waals surface area contributed by atoms with Crippen LogP contribution in [0.1, 0.15) is 0 Å². The highest BCUT2D eigenvalue weighted by Gasteiger charge is 2.13. The van der Waals surface area contributed by atoms with Gasteiger partial charge in [0.1, 0.15) is 16.9 Å². The maximum atomic E-state index is 13.4. The number of aromatic amines is 1. The first-order valence-electron chi connectivity index (χ1n) is 7.82. The van der Waals surface area contributed by atoms with E-state index in [1.54, 1.807) is 17.0 Å². The van der Waals surface area contributed by atoms with Crippen molar-refractivity contribution in [2.75, 3.05) is 32.7 Å². The van der Waals surface area contributed by atoms with Crippen molar-refractivity contribution in [1.29, 1.82) is 0 Å². The molecule has 3 aromatic rings. The Bertz CT molecular complexity index is 910. The molecule has 1 aromatic carbocycles. The molecule has 0 saturated carbocycles. The molecule has 2 aromatic heterocycles. The van der Waals surface area contributed by atoms with Crippen molar-refractivity contribution in [3.8, 4) is 0 Å². The van der Waals surface area contributed by atoms with Crippen LogP contribution >= 0.6 is 0 Å². The summed E-state index contributed by atoms with van der Waals surface area (Å²) < 4.78 is 15.0. The molecule has 23 heavy (non-hydrogen) atoms. The Labute approximate surface area is 131 Å². The molecule has 0 unspecified atom stereocenters. The normalized spacial score (nSPS) is 16.4. The van der Waals surface area contributed by atoms with Crippen LogP contribution in [0, 0.1) is 5.82 Å². The van der Waals surface area contributed by atoms with Gasteiger partial charge in [-0.3, -0.25) is 14.3 Å². The average Bonchev–Trinajstić information content (AvgIpc) is 2.94. The van der Waals surface area contributed by atoms with E-state index in [0.717, 1.165) is 38.2 Å². The van der Waals surface area contributed by atoms with Gasteiger partial charge in [-0.05, 0) is 18.2 Å². The number of aromatic nitrogens is 3. The van der Waals surface area contributed by atoms with Crippen molar-refractivity contribution in [2.45, 2.75) is 6.54 Å². The summed E-state index contributed by atoms with van der Waals surface area (Å²) in [6.45, 7) is 5.39. The molecule has 7 heteroatoms. The van der Waals surface area contributed by atoms with E-state index in [1.165, 1.54) is 12.1 Å². The largest absolute Gasteiger partial charge is 0.349 e. The van der Waals surface area contributed by atoms with Gasteiger partial charge in [0.15, 0.2) is 0 Å². The number of benzene rings is 1. The molecule has 0 amide bonds. The number of rotatable bonds is 3. The third-order valence-electron chi connectivity index (χ3n) is 4.40. The molecule has 0 bridgehead atoms. The molecular formula is C16H18FN5O. The van der Waals surface area contributed by atoms with E-state index >= 15 is 0 Å². The molecule has 3 heterocycles. The fourth-order valence-electron chi connectivity index (χ4n) is 3.11. The predicted octanol–water partition coefficient (Wildman–Crippen LogP) is 0.922. The minimum absolute atomic E-state index is 0.109. The maximum Gasteiger partial charge on any atom is 0.277 e. The molecule has 4 rings (SSSR count). The minimum Gasteiger partial charge on any atom is -0.349 e. The second-order valence-corrected chi connectivity index (χ2v) is 5.87. The van der Waals surface area contributed by atoms with E-state index in [2.05, 4.69) is 20.2 Å². The van der Waals surface area contributed by atoms with Crippen molar-refractivity contribution in [2.24, 2.45) is 0 Å². The SMILES string of the molecule is O=c1c2[nH]c3ccc(F)cc3c2ncn1CCN1CCNCC1. The fourth-order valence-corrected chi connectivity index (χ4v) is 3.11. The first kappa shape index (κ1) is 14.3. The number of fused-ring (bicyclic) bond motifs is 3. The van der Waals surface area contributed by atoms with Gasteiger partial charge in [-0.1, -0.05) is 0 Å². The van der Waals surface area contributed by atoms with Crippen LogP contribution in [-0.4, -0.2) is 52.2 Å². The number of halogens is 1. The summed E-state index contributed by atoms with van der Waals surface area (Å²) in [6.07, 6.45) is 1.56. The van der Waals surface area contributed by atoms with Gasteiger partial charge in [0.2, 0.25) is 0 Å². The zero-order valence-corrected chi connectivity index (χ0v) is 12.7. The number of nitrogens with zero attached hydrogens (tertiary/aromatic N) is 3. The maximum absolute atomic E-state index is 13.4. The molecule has 2 N–H and O–H groups in total. The van der Waals surface area contributed by atoms with Crippen molar-refractivity contribution in [3.63, 3.8) is 0 Å². The Morgan fingerprint density at radius 1 is 1.22 bits per heavy atom. The molecule has 0 spiro atoms. The van der Waals surface area contributed by atoms with Crippen LogP contribution in [0.25, 0.3) is 21.9 Å². The molecule has 120 valence electrons. The lowest BCUT2D eigenvalue weighted by atomic mass is 10.2. The minimum atomic E-state index is -0.330. The predicted molar refractivity (Wildman–Crippen MR) is 87.1 cm³/mol. The smallest absolute Gasteiger partial charge is 0.277 e. The Morgan fingerprint density at radius 3 is 2.87 bits per heavy atom. The summed E-state index contributed by atoms with van der Waals surface area (Å²) in [7, 11) is 0. The van der Waals surface area contributed by atoms with E-state index in [4.69, 9.17) is 0 Å². The lowest BCUT2D eigenvalue weighted by molar-refractivity contribution is 0.231. The van der Waals surface area contributed by atoms with E-state index < -0.39 is 0 Å². The molecule has 0 atom stereocenters. The van der Waals surface area contributed by atoms with Crippen molar-refractivity contribution >= 4 is 21.9 Å². The van der Waals surface area contributed by atoms with Gasteiger partial charge >= 0.3 is 0 Å². The molecule has 1 saturated heterocycles. The summed E-state index contributed by atoms with van der Waals surface area (Å²) in [4.78, 5) is 22.4. The Balaban J connectivity index is 1.67. The molecular weight excluding hydrogens is 297 g/mol. The summed E-state index contributed by atoms with van der Waals surface area (Å²) in [5, 5.41) is 3.95. The van der Waals surface area contributed by atoms with Crippen LogP contribution < -0.4 is 10.9 Å². The van der Waals surface area contributed by atoms with Crippen LogP contribution in [0.5, 0.6) is 0 Å². The van der Waals surface area contributed by atoms with E-state index in [9.17, 15) is 9.18 Å². The standard InChI is InChI=1S/C16H18FN5O/c17-11-1-2-13-12(9-11)14-15(20-13)16(23)22(10-19-14)8-7-21-5-3-18-4-6-21/h1-2,9-10,18,20H,3-8H2. The highest BCUT2D eigenvalue weighted by atomic mass is 19.1. The number of nitrogens with one attached hydrogen (secondary N) is 2. The Kier molecular flexibility index (Phi) is 3.59. The van der Waals surface area contributed by atoms with E-state index in [-0.39, 0.29) is 11.4 Å². The number of hydrogen-bond acceptors (Lipinski definition) is 4. The third kappa shape index (κ3) is 2.62. The van der Waals surface area contributed by atoms with Crippen LogP contribution in [0.2, 0.25) is 0 Å². The lowest BCUT2D eigenvalue weighted by Crippen LogP contribution is -2.45. The van der Waals surface area contributed by atoms with E-state index in [1.807, 2.05) is 0 Å². The van der Waals surface area contributed by atoms with Gasteiger partial charge in [-0.25, -0.2) is 9.37 Å². The van der Waals surface area contributed by atoms with Crippen molar-refractivity contribution in [3.05, 3.63) is 40.7 Å². The topological polar surface area (TPSA) is 66.0 Å². The van der Waals surface area contributed by atoms with Gasteiger partial charge in [-0.2, -0.15) is 0 Å². The second-order valence-electron chi connectivity index (χ2n) is 5.87. The van der Waals surface area contributed by atoms with Crippen molar-refractivity contribution in [1.82, 2.24) is 24.8 Å². The monoisotopic (exact) mass is 315 g/mol. The summed E-state index contributed by atoms with van der Waals surface area (Å²) in [5.41, 5.74) is 1.59. The summed E-state index contributed by atoms with van der Waals surface area (Å²) in [5.74, 6) is -0.330. The Morgan fingerprint density at radius 2 is 2.04 bits per heavy atom. The van der Waals surface area contributed by atoms with Gasteiger partial charge in [-0.15, -0.1) is 0 Å².